The zero-order chi connectivity index (χ0) is 14.7. The van der Waals surface area contributed by atoms with E-state index in [-0.39, 0.29) is 0 Å². The molecule has 0 amide bonds. The average Bonchev–Trinajstić information content (AvgIpc) is 2.95. The molecule has 0 saturated heterocycles. The van der Waals surface area contributed by atoms with Crippen molar-refractivity contribution >= 4 is 12.6 Å². The van der Waals surface area contributed by atoms with Crippen LogP contribution in [0.25, 0.3) is 0 Å². The van der Waals surface area contributed by atoms with Gasteiger partial charge in [-0.3, -0.25) is 0 Å². The molecule has 0 saturated carbocycles. The normalized spacial score (nSPS) is 12.7. The first-order chi connectivity index (χ1) is 10.2. The second kappa shape index (κ2) is 6.20. The van der Waals surface area contributed by atoms with E-state index in [1.54, 1.807) is 18.2 Å². The lowest BCUT2D eigenvalue weighted by Gasteiger charge is -2.08. The Morgan fingerprint density at radius 1 is 1.14 bits per heavy atom. The molecule has 0 unspecified atom stereocenters. The Balaban J connectivity index is 1.57. The highest BCUT2D eigenvalue weighted by Crippen LogP contribution is 2.26. The number of fused-ring (bicyclic) bond motifs is 1. The van der Waals surface area contributed by atoms with E-state index in [1.807, 2.05) is 12.1 Å². The number of ether oxygens (including phenoxy) is 2. The van der Waals surface area contributed by atoms with E-state index in [9.17, 15) is 0 Å². The van der Waals surface area contributed by atoms with Gasteiger partial charge in [-0.1, -0.05) is 24.3 Å². The van der Waals surface area contributed by atoms with Crippen molar-refractivity contribution in [3.8, 4) is 11.5 Å². The third-order valence-electron chi connectivity index (χ3n) is 3.57. The van der Waals surface area contributed by atoms with Crippen LogP contribution >= 0.6 is 0 Å². The van der Waals surface area contributed by atoms with Crippen LogP contribution in [0.1, 0.15) is 11.1 Å². The average molecular weight is 284 g/mol. The molecule has 1 heterocycles. The number of hydrogen-bond donors (Lipinski definition) is 2. The molecule has 0 fully saturated rings. The van der Waals surface area contributed by atoms with Crippen molar-refractivity contribution in [3.63, 3.8) is 0 Å². The van der Waals surface area contributed by atoms with Crippen molar-refractivity contribution in [3.05, 3.63) is 53.6 Å². The van der Waals surface area contributed by atoms with Gasteiger partial charge in [-0.2, -0.15) is 0 Å². The van der Waals surface area contributed by atoms with Crippen molar-refractivity contribution in [2.45, 2.75) is 12.8 Å². The van der Waals surface area contributed by atoms with Crippen LogP contribution in [0, 0.1) is 0 Å². The molecule has 21 heavy (non-hydrogen) atoms. The van der Waals surface area contributed by atoms with Crippen molar-refractivity contribution < 1.29 is 19.5 Å². The second-order valence-electron chi connectivity index (χ2n) is 5.09. The molecule has 5 heteroatoms. The van der Waals surface area contributed by atoms with E-state index in [0.29, 0.717) is 17.8 Å². The quantitative estimate of drug-likeness (QED) is 0.802. The third-order valence-corrected chi connectivity index (χ3v) is 3.57. The predicted octanol–water partition coefficient (Wildman–Crippen LogP) is 0.923. The van der Waals surface area contributed by atoms with Crippen molar-refractivity contribution in [2.75, 3.05) is 13.2 Å². The van der Waals surface area contributed by atoms with E-state index in [0.717, 1.165) is 25.2 Å². The molecule has 0 spiro atoms. The van der Waals surface area contributed by atoms with Gasteiger partial charge >= 0.3 is 7.12 Å². The first-order valence-electron chi connectivity index (χ1n) is 7.06. The summed E-state index contributed by atoms with van der Waals surface area (Å²) < 4.78 is 11.2. The predicted molar refractivity (Wildman–Crippen MR) is 81.1 cm³/mol. The van der Waals surface area contributed by atoms with Gasteiger partial charge in [0.25, 0.3) is 0 Å². The van der Waals surface area contributed by atoms with Crippen LogP contribution in [0.5, 0.6) is 11.5 Å². The monoisotopic (exact) mass is 284 g/mol. The Bertz CT molecular complexity index is 627. The molecular weight excluding hydrogens is 267 g/mol. The Hall–Kier alpha value is -1.98. The van der Waals surface area contributed by atoms with Gasteiger partial charge in [-0.05, 0) is 34.8 Å². The molecule has 1 aliphatic rings. The molecule has 0 atom stereocenters. The zero-order valence-corrected chi connectivity index (χ0v) is 11.7. The summed E-state index contributed by atoms with van der Waals surface area (Å²) in [6.45, 7) is 1.32. The van der Waals surface area contributed by atoms with Gasteiger partial charge in [0.15, 0.2) is 0 Å². The van der Waals surface area contributed by atoms with E-state index in [4.69, 9.17) is 19.5 Å². The summed E-state index contributed by atoms with van der Waals surface area (Å²) >= 11 is 0. The minimum Gasteiger partial charge on any atom is -0.493 e. The first kappa shape index (κ1) is 14.0. The van der Waals surface area contributed by atoms with Gasteiger partial charge in [0.05, 0.1) is 13.2 Å². The summed E-state index contributed by atoms with van der Waals surface area (Å²) in [5.41, 5.74) is 2.91. The lowest BCUT2D eigenvalue weighted by Crippen LogP contribution is -2.29. The van der Waals surface area contributed by atoms with Gasteiger partial charge < -0.3 is 19.5 Å². The molecule has 0 aliphatic carbocycles. The third kappa shape index (κ3) is 3.38. The van der Waals surface area contributed by atoms with Crippen LogP contribution in [0.2, 0.25) is 0 Å². The fourth-order valence-corrected chi connectivity index (χ4v) is 2.45. The molecule has 108 valence electrons. The molecule has 2 N–H and O–H groups in total. The highest BCUT2D eigenvalue weighted by Gasteiger charge is 2.12. The SMILES string of the molecule is OB(O)c1cccc(OCCc2ccc3c(c2)CCO3)c1. The largest absolute Gasteiger partial charge is 0.493 e. The molecular formula is C16H17BO4. The Morgan fingerprint density at radius 3 is 2.90 bits per heavy atom. The van der Waals surface area contributed by atoms with Crippen LogP contribution in [0.15, 0.2) is 42.5 Å². The van der Waals surface area contributed by atoms with E-state index in [2.05, 4.69) is 12.1 Å². The Morgan fingerprint density at radius 2 is 2.05 bits per heavy atom. The maximum atomic E-state index is 9.13. The summed E-state index contributed by atoms with van der Waals surface area (Å²) in [4.78, 5) is 0. The van der Waals surface area contributed by atoms with Crippen LogP contribution in [-0.2, 0) is 12.8 Å². The fourth-order valence-electron chi connectivity index (χ4n) is 2.45. The molecule has 0 aromatic heterocycles. The summed E-state index contributed by atoms with van der Waals surface area (Å²) in [5.74, 6) is 1.63. The van der Waals surface area contributed by atoms with E-state index < -0.39 is 7.12 Å². The molecule has 2 aromatic carbocycles. The zero-order valence-electron chi connectivity index (χ0n) is 11.7. The lowest BCUT2D eigenvalue weighted by molar-refractivity contribution is 0.322. The number of benzene rings is 2. The summed E-state index contributed by atoms with van der Waals surface area (Å²) in [5, 5.41) is 18.3. The summed E-state index contributed by atoms with van der Waals surface area (Å²) in [6, 6.07) is 13.1. The molecule has 0 radical (unpaired) electrons. The van der Waals surface area contributed by atoms with Gasteiger partial charge in [-0.25, -0.2) is 0 Å². The van der Waals surface area contributed by atoms with Gasteiger partial charge in [0, 0.05) is 12.8 Å². The van der Waals surface area contributed by atoms with E-state index >= 15 is 0 Å². The maximum Gasteiger partial charge on any atom is 0.488 e. The molecule has 3 rings (SSSR count). The Labute approximate surface area is 124 Å². The maximum absolute atomic E-state index is 9.13. The lowest BCUT2D eigenvalue weighted by atomic mass is 9.80. The van der Waals surface area contributed by atoms with Crippen molar-refractivity contribution in [1.82, 2.24) is 0 Å². The minimum absolute atomic E-state index is 0.433. The topological polar surface area (TPSA) is 58.9 Å². The number of hydrogen-bond acceptors (Lipinski definition) is 4. The summed E-state index contributed by atoms with van der Waals surface area (Å²) in [7, 11) is -1.47. The number of rotatable bonds is 5. The molecule has 2 aromatic rings. The van der Waals surface area contributed by atoms with Gasteiger partial charge in [-0.15, -0.1) is 0 Å². The smallest absolute Gasteiger partial charge is 0.488 e. The van der Waals surface area contributed by atoms with Crippen molar-refractivity contribution in [2.24, 2.45) is 0 Å². The van der Waals surface area contributed by atoms with Gasteiger partial charge in [0.1, 0.15) is 11.5 Å². The summed E-state index contributed by atoms with van der Waals surface area (Å²) in [6.07, 6.45) is 1.78. The van der Waals surface area contributed by atoms with Crippen LogP contribution in [-0.4, -0.2) is 30.4 Å². The standard InChI is InChI=1S/C16H17BO4/c18-17(19)14-2-1-3-15(11-14)20-8-6-12-4-5-16-13(10-12)7-9-21-16/h1-5,10-11,18-19H,6-9H2. The van der Waals surface area contributed by atoms with Crippen LogP contribution in [0.4, 0.5) is 0 Å². The highest BCUT2D eigenvalue weighted by atomic mass is 16.5. The van der Waals surface area contributed by atoms with Gasteiger partial charge in [0.2, 0.25) is 0 Å². The fraction of sp³-hybridized carbons (Fsp3) is 0.250. The highest BCUT2D eigenvalue weighted by molar-refractivity contribution is 6.58. The molecule has 0 bridgehead atoms. The molecule has 1 aliphatic heterocycles. The van der Waals surface area contributed by atoms with Crippen molar-refractivity contribution in [1.29, 1.82) is 0 Å². The van der Waals surface area contributed by atoms with Crippen LogP contribution in [0.3, 0.4) is 0 Å². The second-order valence-corrected chi connectivity index (χ2v) is 5.09. The molecule has 4 nitrogen and oxygen atoms in total. The Kier molecular flexibility index (Phi) is 4.13. The van der Waals surface area contributed by atoms with E-state index in [1.165, 1.54) is 11.1 Å². The minimum atomic E-state index is -1.47. The van der Waals surface area contributed by atoms with Crippen LogP contribution < -0.4 is 14.9 Å². The first-order valence-corrected chi connectivity index (χ1v) is 7.06.